The molecule has 0 aliphatic carbocycles. The standard InChI is InChI=1S/C10H10N2O3/c1-12(14)10(13)7-15-9-5-3-2-4-8(9)6-11/h2-5,14H,7H2,1H3. The largest absolute Gasteiger partial charge is 0.482 e. The Kier molecular flexibility index (Phi) is 3.66. The lowest BCUT2D eigenvalue weighted by Gasteiger charge is -2.10. The minimum Gasteiger partial charge on any atom is -0.482 e. The lowest BCUT2D eigenvalue weighted by molar-refractivity contribution is -0.161. The lowest BCUT2D eigenvalue weighted by atomic mass is 10.2. The smallest absolute Gasteiger partial charge is 0.283 e. The van der Waals surface area contributed by atoms with E-state index in [9.17, 15) is 4.79 Å². The zero-order valence-corrected chi connectivity index (χ0v) is 8.17. The molecule has 0 aliphatic heterocycles. The molecule has 1 rings (SSSR count). The number of carbonyl (C=O) groups is 1. The maximum atomic E-state index is 11.0. The van der Waals surface area contributed by atoms with Gasteiger partial charge in [0.25, 0.3) is 5.91 Å². The fourth-order valence-electron chi connectivity index (χ4n) is 0.918. The van der Waals surface area contributed by atoms with Gasteiger partial charge in [-0.2, -0.15) is 5.26 Å². The Bertz CT molecular complexity index is 396. The van der Waals surface area contributed by atoms with Crippen LogP contribution in [0.3, 0.4) is 0 Å². The summed E-state index contributed by atoms with van der Waals surface area (Å²) in [6.07, 6.45) is 0. The second kappa shape index (κ2) is 4.98. The molecule has 5 heteroatoms. The van der Waals surface area contributed by atoms with Crippen molar-refractivity contribution in [2.75, 3.05) is 13.7 Å². The van der Waals surface area contributed by atoms with E-state index in [1.165, 1.54) is 7.05 Å². The van der Waals surface area contributed by atoms with E-state index in [1.807, 2.05) is 6.07 Å². The van der Waals surface area contributed by atoms with Crippen LogP contribution in [0.2, 0.25) is 0 Å². The highest BCUT2D eigenvalue weighted by Gasteiger charge is 2.08. The highest BCUT2D eigenvalue weighted by atomic mass is 16.5. The van der Waals surface area contributed by atoms with Crippen molar-refractivity contribution in [3.63, 3.8) is 0 Å². The number of amides is 1. The second-order valence-electron chi connectivity index (χ2n) is 2.81. The van der Waals surface area contributed by atoms with Crippen molar-refractivity contribution in [2.24, 2.45) is 0 Å². The van der Waals surface area contributed by atoms with Gasteiger partial charge in [0, 0.05) is 7.05 Å². The molecule has 5 nitrogen and oxygen atoms in total. The van der Waals surface area contributed by atoms with Crippen LogP contribution in [-0.2, 0) is 4.79 Å². The highest BCUT2D eigenvalue weighted by Crippen LogP contribution is 2.16. The summed E-state index contributed by atoms with van der Waals surface area (Å²) in [5, 5.41) is 17.9. The van der Waals surface area contributed by atoms with E-state index in [2.05, 4.69) is 0 Å². The zero-order chi connectivity index (χ0) is 11.3. The van der Waals surface area contributed by atoms with Crippen molar-refractivity contribution in [3.8, 4) is 11.8 Å². The van der Waals surface area contributed by atoms with Gasteiger partial charge in [0.05, 0.1) is 5.56 Å². The predicted molar refractivity (Wildman–Crippen MR) is 51.2 cm³/mol. The summed E-state index contributed by atoms with van der Waals surface area (Å²) in [4.78, 5) is 11.0. The molecule has 0 aliphatic rings. The van der Waals surface area contributed by atoms with Crippen LogP contribution in [0.4, 0.5) is 0 Å². The minimum absolute atomic E-state index is 0.300. The van der Waals surface area contributed by atoms with Gasteiger partial charge in [0.2, 0.25) is 0 Å². The third-order valence-electron chi connectivity index (χ3n) is 1.72. The van der Waals surface area contributed by atoms with E-state index in [0.717, 1.165) is 0 Å². The number of ether oxygens (including phenoxy) is 1. The number of hydrogen-bond donors (Lipinski definition) is 1. The molecule has 15 heavy (non-hydrogen) atoms. The fraction of sp³-hybridized carbons (Fsp3) is 0.200. The minimum atomic E-state index is -0.581. The summed E-state index contributed by atoms with van der Waals surface area (Å²) in [7, 11) is 1.21. The quantitative estimate of drug-likeness (QED) is 0.586. The topological polar surface area (TPSA) is 73.6 Å². The van der Waals surface area contributed by atoms with Crippen LogP contribution < -0.4 is 4.74 Å². The van der Waals surface area contributed by atoms with Gasteiger partial charge in [-0.25, -0.2) is 5.06 Å². The van der Waals surface area contributed by atoms with Crippen LogP contribution in [-0.4, -0.2) is 29.8 Å². The van der Waals surface area contributed by atoms with Crippen LogP contribution in [0.15, 0.2) is 24.3 Å². The van der Waals surface area contributed by atoms with Crippen molar-refractivity contribution in [3.05, 3.63) is 29.8 Å². The fourth-order valence-corrected chi connectivity index (χ4v) is 0.918. The molecule has 0 heterocycles. The number of para-hydroxylation sites is 1. The van der Waals surface area contributed by atoms with Crippen LogP contribution >= 0.6 is 0 Å². The molecule has 0 spiro atoms. The number of carbonyl (C=O) groups excluding carboxylic acids is 1. The summed E-state index contributed by atoms with van der Waals surface area (Å²) in [5.41, 5.74) is 0.353. The average molecular weight is 206 g/mol. The Balaban J connectivity index is 2.66. The third kappa shape index (κ3) is 2.97. The summed E-state index contributed by atoms with van der Waals surface area (Å²) in [6, 6.07) is 8.51. The lowest BCUT2D eigenvalue weighted by Crippen LogP contribution is -2.28. The summed E-state index contributed by atoms with van der Waals surface area (Å²) in [6.45, 7) is -0.300. The first kappa shape index (κ1) is 11.0. The van der Waals surface area contributed by atoms with E-state index in [1.54, 1.807) is 24.3 Å². The molecule has 78 valence electrons. The molecule has 0 radical (unpaired) electrons. The number of hydroxylamine groups is 2. The summed E-state index contributed by atoms with van der Waals surface area (Å²) in [5.74, 6) is -0.252. The molecular weight excluding hydrogens is 196 g/mol. The molecule has 1 aromatic rings. The molecule has 1 N–H and O–H groups in total. The first-order valence-electron chi connectivity index (χ1n) is 4.22. The number of hydrogen-bond acceptors (Lipinski definition) is 4. The second-order valence-corrected chi connectivity index (χ2v) is 2.81. The number of nitrogens with zero attached hydrogens (tertiary/aromatic N) is 2. The highest BCUT2D eigenvalue weighted by molar-refractivity contribution is 5.76. The molecule has 0 aromatic heterocycles. The van der Waals surface area contributed by atoms with Gasteiger partial charge >= 0.3 is 0 Å². The van der Waals surface area contributed by atoms with Crippen LogP contribution in [0, 0.1) is 11.3 Å². The van der Waals surface area contributed by atoms with E-state index in [0.29, 0.717) is 16.4 Å². The molecule has 0 unspecified atom stereocenters. The van der Waals surface area contributed by atoms with Gasteiger partial charge in [-0.3, -0.25) is 10.0 Å². The summed E-state index contributed by atoms with van der Waals surface area (Å²) >= 11 is 0. The van der Waals surface area contributed by atoms with Crippen LogP contribution in [0.5, 0.6) is 5.75 Å². The molecule has 0 bridgehead atoms. The normalized spacial score (nSPS) is 9.13. The number of rotatable bonds is 3. The zero-order valence-electron chi connectivity index (χ0n) is 8.17. The van der Waals surface area contributed by atoms with E-state index in [4.69, 9.17) is 15.2 Å². The van der Waals surface area contributed by atoms with Crippen molar-refractivity contribution in [1.29, 1.82) is 5.26 Å². The Hall–Kier alpha value is -2.06. The summed E-state index contributed by atoms with van der Waals surface area (Å²) < 4.78 is 5.08. The molecule has 0 fully saturated rings. The first-order valence-corrected chi connectivity index (χ1v) is 4.22. The molecular formula is C10H10N2O3. The Morgan fingerprint density at radius 3 is 2.87 bits per heavy atom. The number of likely N-dealkylation sites (N-methyl/N-ethyl adjacent to an activating group) is 1. The maximum absolute atomic E-state index is 11.0. The van der Waals surface area contributed by atoms with Gasteiger partial charge in [0.15, 0.2) is 6.61 Å². The molecule has 1 aromatic carbocycles. The van der Waals surface area contributed by atoms with Gasteiger partial charge in [0.1, 0.15) is 11.8 Å². The van der Waals surface area contributed by atoms with Gasteiger partial charge < -0.3 is 4.74 Å². The SMILES string of the molecule is CN(O)C(=O)COc1ccccc1C#N. The predicted octanol–water partition coefficient (Wildman–Crippen LogP) is 0.785. The molecule has 0 saturated heterocycles. The molecule has 0 saturated carbocycles. The average Bonchev–Trinajstić information content (AvgIpc) is 2.26. The van der Waals surface area contributed by atoms with Crippen molar-refractivity contribution in [2.45, 2.75) is 0 Å². The van der Waals surface area contributed by atoms with Gasteiger partial charge in [-0.15, -0.1) is 0 Å². The van der Waals surface area contributed by atoms with Crippen LogP contribution in [0.1, 0.15) is 5.56 Å². The first-order chi connectivity index (χ1) is 7.15. The van der Waals surface area contributed by atoms with Gasteiger partial charge in [-0.05, 0) is 12.1 Å². The van der Waals surface area contributed by atoms with Crippen LogP contribution in [0.25, 0.3) is 0 Å². The van der Waals surface area contributed by atoms with E-state index >= 15 is 0 Å². The van der Waals surface area contributed by atoms with Crippen molar-refractivity contribution in [1.82, 2.24) is 5.06 Å². The van der Waals surface area contributed by atoms with Gasteiger partial charge in [-0.1, -0.05) is 12.1 Å². The molecule has 0 atom stereocenters. The number of benzene rings is 1. The Morgan fingerprint density at radius 2 is 2.27 bits per heavy atom. The number of nitriles is 1. The monoisotopic (exact) mass is 206 g/mol. The van der Waals surface area contributed by atoms with E-state index in [-0.39, 0.29) is 6.61 Å². The Morgan fingerprint density at radius 1 is 1.60 bits per heavy atom. The van der Waals surface area contributed by atoms with Crippen molar-refractivity contribution >= 4 is 5.91 Å². The maximum Gasteiger partial charge on any atom is 0.283 e. The third-order valence-corrected chi connectivity index (χ3v) is 1.72. The Labute approximate surface area is 87.1 Å². The molecule has 1 amide bonds. The van der Waals surface area contributed by atoms with Crippen molar-refractivity contribution < 1.29 is 14.7 Å². The van der Waals surface area contributed by atoms with E-state index < -0.39 is 5.91 Å².